The Morgan fingerprint density at radius 2 is 2.00 bits per heavy atom. The highest BCUT2D eigenvalue weighted by Gasteiger charge is 2.16. The van der Waals surface area contributed by atoms with Crippen LogP contribution in [0.2, 0.25) is 5.02 Å². The van der Waals surface area contributed by atoms with Gasteiger partial charge in [0.15, 0.2) is 0 Å². The summed E-state index contributed by atoms with van der Waals surface area (Å²) in [5.41, 5.74) is 2.47. The summed E-state index contributed by atoms with van der Waals surface area (Å²) in [5, 5.41) is 1.58. The predicted octanol–water partition coefficient (Wildman–Crippen LogP) is 4.67. The van der Waals surface area contributed by atoms with Crippen LogP contribution in [0.3, 0.4) is 0 Å². The highest BCUT2D eigenvalue weighted by Crippen LogP contribution is 2.27. The van der Waals surface area contributed by atoms with Gasteiger partial charge < -0.3 is 0 Å². The molecule has 0 aliphatic rings. The lowest BCUT2D eigenvalue weighted by Gasteiger charge is -2.22. The quantitative estimate of drug-likeness (QED) is 0.770. The van der Waals surface area contributed by atoms with Gasteiger partial charge in [-0.2, -0.15) is 0 Å². The molecule has 0 bridgehead atoms. The molecule has 0 N–H and O–H groups in total. The topological polar surface area (TPSA) is 16.1 Å². The first-order valence-electron chi connectivity index (χ1n) is 7.07. The summed E-state index contributed by atoms with van der Waals surface area (Å²) < 4.78 is 25.3. The van der Waals surface area contributed by atoms with Crippen molar-refractivity contribution in [2.24, 2.45) is 0 Å². The second-order valence-corrected chi connectivity index (χ2v) is 5.52. The number of pyridine rings is 1. The van der Waals surface area contributed by atoms with Crippen molar-refractivity contribution < 1.29 is 8.78 Å². The van der Waals surface area contributed by atoms with Crippen molar-refractivity contribution in [3.63, 3.8) is 0 Å². The molecule has 1 aromatic heterocycles. The lowest BCUT2D eigenvalue weighted by molar-refractivity contribution is 0.0841. The van der Waals surface area contributed by atoms with Gasteiger partial charge in [-0.25, -0.2) is 13.8 Å². The van der Waals surface area contributed by atoms with Gasteiger partial charge in [-0.15, -0.1) is 0 Å². The second-order valence-electron chi connectivity index (χ2n) is 5.14. The summed E-state index contributed by atoms with van der Waals surface area (Å²) in [5.74, 6) is 0. The number of aryl methyl sites for hydroxylation is 1. The van der Waals surface area contributed by atoms with Crippen LogP contribution in [-0.2, 0) is 6.54 Å². The minimum Gasteiger partial charge on any atom is -0.292 e. The Morgan fingerprint density at radius 1 is 1.29 bits per heavy atom. The highest BCUT2D eigenvalue weighted by molar-refractivity contribution is 6.32. The second kappa shape index (κ2) is 7.14. The van der Waals surface area contributed by atoms with Gasteiger partial charge in [0.2, 0.25) is 0 Å². The first-order valence-corrected chi connectivity index (χ1v) is 7.45. The molecule has 1 heterocycles. The molecule has 0 amide bonds. The molecule has 0 fully saturated rings. The molecule has 0 spiro atoms. The van der Waals surface area contributed by atoms with Crippen LogP contribution in [0.4, 0.5) is 8.78 Å². The molecule has 5 heteroatoms. The number of aromatic nitrogens is 1. The standard InChI is InChI=1S/C16H19ClF2N2/c1-3-8-21(10-15(18)19)9-14-16(17)11(2)12-6-4-5-7-13(12)20-14/h4-7,15H,3,8-10H2,1-2H3. The van der Waals surface area contributed by atoms with E-state index in [9.17, 15) is 8.78 Å². The SMILES string of the molecule is CCCN(Cc1nc2ccccc2c(C)c1Cl)CC(F)F. The maximum atomic E-state index is 12.6. The van der Waals surface area contributed by atoms with E-state index in [1.807, 2.05) is 38.1 Å². The summed E-state index contributed by atoms with van der Waals surface area (Å²) in [6.45, 7) is 4.61. The molecular formula is C16H19ClF2N2. The maximum Gasteiger partial charge on any atom is 0.251 e. The largest absolute Gasteiger partial charge is 0.292 e. The molecule has 114 valence electrons. The van der Waals surface area contributed by atoms with Crippen molar-refractivity contribution in [2.45, 2.75) is 33.2 Å². The van der Waals surface area contributed by atoms with Crippen LogP contribution in [0, 0.1) is 6.92 Å². The van der Waals surface area contributed by atoms with E-state index in [0.717, 1.165) is 22.9 Å². The van der Waals surface area contributed by atoms with E-state index in [2.05, 4.69) is 4.98 Å². The van der Waals surface area contributed by atoms with Crippen molar-refractivity contribution >= 4 is 22.5 Å². The minimum absolute atomic E-state index is 0.252. The van der Waals surface area contributed by atoms with Gasteiger partial charge in [0.25, 0.3) is 6.43 Å². The summed E-state index contributed by atoms with van der Waals surface area (Å²) in [6, 6.07) is 7.73. The number of alkyl halides is 2. The number of hydrogen-bond acceptors (Lipinski definition) is 2. The molecule has 1 aromatic carbocycles. The Bertz CT molecular complexity index is 616. The van der Waals surface area contributed by atoms with Crippen LogP contribution in [-0.4, -0.2) is 29.4 Å². The number of para-hydroxylation sites is 1. The summed E-state index contributed by atoms with van der Waals surface area (Å²) in [6.07, 6.45) is -1.53. The molecule has 0 saturated carbocycles. The van der Waals surface area contributed by atoms with Gasteiger partial charge in [0.1, 0.15) is 0 Å². The van der Waals surface area contributed by atoms with E-state index in [-0.39, 0.29) is 6.54 Å². The van der Waals surface area contributed by atoms with Crippen LogP contribution < -0.4 is 0 Å². The third-order valence-corrected chi connectivity index (χ3v) is 3.96. The summed E-state index contributed by atoms with van der Waals surface area (Å²) >= 11 is 6.38. The number of nitrogens with zero attached hydrogens (tertiary/aromatic N) is 2. The highest BCUT2D eigenvalue weighted by atomic mass is 35.5. The maximum absolute atomic E-state index is 12.6. The average molecular weight is 313 g/mol. The number of benzene rings is 1. The lowest BCUT2D eigenvalue weighted by Crippen LogP contribution is -2.29. The molecular weight excluding hydrogens is 294 g/mol. The Morgan fingerprint density at radius 3 is 2.67 bits per heavy atom. The minimum atomic E-state index is -2.35. The van der Waals surface area contributed by atoms with Crippen molar-refractivity contribution in [1.29, 1.82) is 0 Å². The van der Waals surface area contributed by atoms with Crippen LogP contribution in [0.5, 0.6) is 0 Å². The number of rotatable bonds is 6. The van der Waals surface area contributed by atoms with E-state index in [0.29, 0.717) is 23.8 Å². The van der Waals surface area contributed by atoms with Crippen molar-refractivity contribution in [1.82, 2.24) is 9.88 Å². The van der Waals surface area contributed by atoms with Gasteiger partial charge >= 0.3 is 0 Å². The van der Waals surface area contributed by atoms with Gasteiger partial charge in [-0.3, -0.25) is 4.90 Å². The summed E-state index contributed by atoms with van der Waals surface area (Å²) in [4.78, 5) is 6.25. The number of halogens is 3. The van der Waals surface area contributed by atoms with Gasteiger partial charge in [-0.1, -0.05) is 36.7 Å². The lowest BCUT2D eigenvalue weighted by atomic mass is 10.1. The van der Waals surface area contributed by atoms with Gasteiger partial charge in [0, 0.05) is 11.9 Å². The number of fused-ring (bicyclic) bond motifs is 1. The first-order chi connectivity index (χ1) is 10.0. The van der Waals surface area contributed by atoms with Gasteiger partial charge in [0.05, 0.1) is 22.8 Å². The van der Waals surface area contributed by atoms with E-state index in [1.165, 1.54) is 0 Å². The fraction of sp³-hybridized carbons (Fsp3) is 0.438. The smallest absolute Gasteiger partial charge is 0.251 e. The van der Waals surface area contributed by atoms with E-state index in [1.54, 1.807) is 4.90 Å². The zero-order chi connectivity index (χ0) is 15.4. The molecule has 0 aliphatic heterocycles. The summed E-state index contributed by atoms with van der Waals surface area (Å²) in [7, 11) is 0. The average Bonchev–Trinajstić information content (AvgIpc) is 2.44. The Balaban J connectivity index is 2.34. The predicted molar refractivity (Wildman–Crippen MR) is 83.1 cm³/mol. The van der Waals surface area contributed by atoms with E-state index >= 15 is 0 Å². The Kier molecular flexibility index (Phi) is 5.48. The monoisotopic (exact) mass is 312 g/mol. The van der Waals surface area contributed by atoms with Crippen molar-refractivity contribution in [3.05, 3.63) is 40.5 Å². The third-order valence-electron chi connectivity index (χ3n) is 3.46. The van der Waals surface area contributed by atoms with Crippen LogP contribution in [0.1, 0.15) is 24.6 Å². The normalized spacial score (nSPS) is 11.8. The molecule has 0 aliphatic carbocycles. The zero-order valence-electron chi connectivity index (χ0n) is 12.2. The molecule has 0 saturated heterocycles. The fourth-order valence-electron chi connectivity index (χ4n) is 2.48. The zero-order valence-corrected chi connectivity index (χ0v) is 13.0. The molecule has 0 unspecified atom stereocenters. The van der Waals surface area contributed by atoms with Crippen LogP contribution >= 0.6 is 11.6 Å². The van der Waals surface area contributed by atoms with E-state index < -0.39 is 6.43 Å². The molecule has 0 atom stereocenters. The molecule has 2 aromatic rings. The van der Waals surface area contributed by atoms with Crippen LogP contribution in [0.15, 0.2) is 24.3 Å². The molecule has 21 heavy (non-hydrogen) atoms. The van der Waals surface area contributed by atoms with Crippen molar-refractivity contribution in [3.8, 4) is 0 Å². The van der Waals surface area contributed by atoms with Crippen molar-refractivity contribution in [2.75, 3.05) is 13.1 Å². The molecule has 2 nitrogen and oxygen atoms in total. The van der Waals surface area contributed by atoms with Gasteiger partial charge in [-0.05, 0) is 31.5 Å². The first kappa shape index (κ1) is 16.1. The van der Waals surface area contributed by atoms with E-state index in [4.69, 9.17) is 11.6 Å². The van der Waals surface area contributed by atoms with Crippen LogP contribution in [0.25, 0.3) is 10.9 Å². The number of hydrogen-bond donors (Lipinski definition) is 0. The fourth-order valence-corrected chi connectivity index (χ4v) is 2.68. The Labute approximate surface area is 128 Å². The molecule has 0 radical (unpaired) electrons. The Hall–Kier alpha value is -1.26. The molecule has 2 rings (SSSR count). The third kappa shape index (κ3) is 3.89.